The lowest BCUT2D eigenvalue weighted by Gasteiger charge is -2.37. The topological polar surface area (TPSA) is 36.4 Å². The standard InChI is InChI=1S/C16H21Cl2N3O/c17-13-9-14(18)15(19-10-13)21-8-4-5-12(11-21)16(22)20-6-2-1-3-7-20/h9-10,12H,1-8,11H2. The van der Waals surface area contributed by atoms with Gasteiger partial charge in [0.15, 0.2) is 0 Å². The van der Waals surface area contributed by atoms with Gasteiger partial charge in [-0.25, -0.2) is 4.98 Å². The second-order valence-corrected chi connectivity index (χ2v) is 6.97. The predicted molar refractivity (Wildman–Crippen MR) is 89.6 cm³/mol. The summed E-state index contributed by atoms with van der Waals surface area (Å²) >= 11 is 12.2. The van der Waals surface area contributed by atoms with Crippen LogP contribution in [-0.2, 0) is 4.79 Å². The molecule has 0 N–H and O–H groups in total. The second kappa shape index (κ2) is 7.05. The molecule has 0 saturated carbocycles. The number of carbonyl (C=O) groups excluding carboxylic acids is 1. The molecule has 2 aliphatic rings. The number of anilines is 1. The van der Waals surface area contributed by atoms with E-state index in [1.54, 1.807) is 12.3 Å². The fourth-order valence-corrected chi connectivity index (χ4v) is 3.88. The third-order valence-electron chi connectivity index (χ3n) is 4.53. The zero-order valence-corrected chi connectivity index (χ0v) is 14.1. The molecular weight excluding hydrogens is 321 g/mol. The average Bonchev–Trinajstić information content (AvgIpc) is 2.55. The van der Waals surface area contributed by atoms with Crippen molar-refractivity contribution in [3.63, 3.8) is 0 Å². The smallest absolute Gasteiger partial charge is 0.227 e. The van der Waals surface area contributed by atoms with Crippen molar-refractivity contribution < 1.29 is 4.79 Å². The lowest BCUT2D eigenvalue weighted by Crippen LogP contribution is -2.46. The van der Waals surface area contributed by atoms with Crippen LogP contribution in [-0.4, -0.2) is 42.0 Å². The molecule has 0 spiro atoms. The van der Waals surface area contributed by atoms with Crippen LogP contribution in [0.25, 0.3) is 0 Å². The largest absolute Gasteiger partial charge is 0.355 e. The van der Waals surface area contributed by atoms with E-state index in [9.17, 15) is 4.79 Å². The van der Waals surface area contributed by atoms with Crippen LogP contribution in [0.4, 0.5) is 5.82 Å². The highest BCUT2D eigenvalue weighted by Gasteiger charge is 2.31. The van der Waals surface area contributed by atoms with Crippen LogP contribution >= 0.6 is 23.2 Å². The summed E-state index contributed by atoms with van der Waals surface area (Å²) in [6.07, 6.45) is 7.06. The first kappa shape index (κ1) is 15.9. The van der Waals surface area contributed by atoms with Crippen molar-refractivity contribution >= 4 is 34.9 Å². The molecule has 1 unspecified atom stereocenters. The Bertz CT molecular complexity index is 546. The van der Waals surface area contributed by atoms with Gasteiger partial charge in [-0.3, -0.25) is 4.79 Å². The SMILES string of the molecule is O=C(C1CCCN(c2ncc(Cl)cc2Cl)C1)N1CCCCC1. The van der Waals surface area contributed by atoms with Gasteiger partial charge in [-0.15, -0.1) is 0 Å². The van der Waals surface area contributed by atoms with Gasteiger partial charge in [-0.1, -0.05) is 23.2 Å². The molecule has 0 bridgehead atoms. The zero-order chi connectivity index (χ0) is 15.5. The minimum atomic E-state index is 0.0559. The van der Waals surface area contributed by atoms with E-state index in [0.717, 1.165) is 51.1 Å². The van der Waals surface area contributed by atoms with Gasteiger partial charge in [-0.05, 0) is 38.2 Å². The molecule has 0 aliphatic carbocycles. The van der Waals surface area contributed by atoms with E-state index in [4.69, 9.17) is 23.2 Å². The summed E-state index contributed by atoms with van der Waals surface area (Å²) < 4.78 is 0. The average molecular weight is 342 g/mol. The van der Waals surface area contributed by atoms with E-state index < -0.39 is 0 Å². The molecule has 0 aromatic carbocycles. The lowest BCUT2D eigenvalue weighted by molar-refractivity contribution is -0.136. The Hall–Kier alpha value is -1.00. The van der Waals surface area contributed by atoms with Gasteiger partial charge in [0.2, 0.25) is 5.91 Å². The number of halogens is 2. The van der Waals surface area contributed by atoms with Crippen LogP contribution in [0.3, 0.4) is 0 Å². The number of likely N-dealkylation sites (tertiary alicyclic amines) is 1. The van der Waals surface area contributed by atoms with Crippen LogP contribution < -0.4 is 4.90 Å². The summed E-state index contributed by atoms with van der Waals surface area (Å²) in [5, 5.41) is 1.09. The van der Waals surface area contributed by atoms with E-state index in [0.29, 0.717) is 22.5 Å². The van der Waals surface area contributed by atoms with Gasteiger partial charge in [-0.2, -0.15) is 0 Å². The Morgan fingerprint density at radius 2 is 1.91 bits per heavy atom. The van der Waals surface area contributed by atoms with Crippen LogP contribution in [0.5, 0.6) is 0 Å². The second-order valence-electron chi connectivity index (χ2n) is 6.13. The van der Waals surface area contributed by atoms with Gasteiger partial charge in [0.1, 0.15) is 5.82 Å². The third-order valence-corrected chi connectivity index (χ3v) is 5.01. The molecule has 0 radical (unpaired) electrons. The van der Waals surface area contributed by atoms with Crippen LogP contribution in [0.1, 0.15) is 32.1 Å². The molecule has 1 atom stereocenters. The van der Waals surface area contributed by atoms with E-state index >= 15 is 0 Å². The van der Waals surface area contributed by atoms with Gasteiger partial charge in [0.05, 0.1) is 16.0 Å². The Balaban J connectivity index is 1.69. The lowest BCUT2D eigenvalue weighted by atomic mass is 9.95. The Labute approximate surface area is 141 Å². The third kappa shape index (κ3) is 3.49. The van der Waals surface area contributed by atoms with Crippen LogP contribution in [0.15, 0.2) is 12.3 Å². The van der Waals surface area contributed by atoms with E-state index in [1.807, 2.05) is 4.90 Å². The van der Waals surface area contributed by atoms with E-state index in [2.05, 4.69) is 9.88 Å². The molecule has 1 amide bonds. The molecule has 1 aromatic rings. The number of rotatable bonds is 2. The van der Waals surface area contributed by atoms with Crippen molar-refractivity contribution in [2.75, 3.05) is 31.1 Å². The normalized spacial score (nSPS) is 22.7. The molecule has 2 aliphatic heterocycles. The molecule has 2 fully saturated rings. The molecule has 6 heteroatoms. The fraction of sp³-hybridized carbons (Fsp3) is 0.625. The van der Waals surface area contributed by atoms with E-state index in [-0.39, 0.29) is 5.92 Å². The first-order chi connectivity index (χ1) is 10.6. The Kier molecular flexibility index (Phi) is 5.09. The first-order valence-electron chi connectivity index (χ1n) is 8.00. The number of amides is 1. The summed E-state index contributed by atoms with van der Waals surface area (Å²) in [4.78, 5) is 21.2. The number of carbonyl (C=O) groups is 1. The minimum Gasteiger partial charge on any atom is -0.355 e. The Morgan fingerprint density at radius 1 is 1.14 bits per heavy atom. The van der Waals surface area contributed by atoms with E-state index in [1.165, 1.54) is 6.42 Å². The number of nitrogens with zero attached hydrogens (tertiary/aromatic N) is 3. The monoisotopic (exact) mass is 341 g/mol. The molecular formula is C16H21Cl2N3O. The number of hydrogen-bond donors (Lipinski definition) is 0. The summed E-state index contributed by atoms with van der Waals surface area (Å²) in [7, 11) is 0. The summed E-state index contributed by atoms with van der Waals surface area (Å²) in [5.74, 6) is 1.09. The number of hydrogen-bond acceptors (Lipinski definition) is 3. The van der Waals surface area contributed by atoms with Crippen molar-refractivity contribution in [2.24, 2.45) is 5.92 Å². The molecule has 1 aromatic heterocycles. The molecule has 3 rings (SSSR count). The summed E-state index contributed by atoms with van der Waals surface area (Å²) in [5.41, 5.74) is 0. The van der Waals surface area contributed by atoms with Crippen molar-refractivity contribution in [1.29, 1.82) is 0 Å². The van der Waals surface area contributed by atoms with Crippen molar-refractivity contribution in [3.05, 3.63) is 22.3 Å². The predicted octanol–water partition coefficient (Wildman–Crippen LogP) is 3.62. The fourth-order valence-electron chi connectivity index (χ4n) is 3.38. The number of pyridine rings is 1. The quantitative estimate of drug-likeness (QED) is 0.824. The molecule has 4 nitrogen and oxygen atoms in total. The highest BCUT2D eigenvalue weighted by molar-refractivity contribution is 6.36. The van der Waals surface area contributed by atoms with Gasteiger partial charge in [0.25, 0.3) is 0 Å². The maximum Gasteiger partial charge on any atom is 0.227 e. The van der Waals surface area contributed by atoms with Crippen LogP contribution in [0.2, 0.25) is 10.0 Å². The molecule has 3 heterocycles. The number of piperidine rings is 2. The molecule has 22 heavy (non-hydrogen) atoms. The van der Waals surface area contributed by atoms with Gasteiger partial charge < -0.3 is 9.80 Å². The van der Waals surface area contributed by atoms with Gasteiger partial charge >= 0.3 is 0 Å². The van der Waals surface area contributed by atoms with Crippen molar-refractivity contribution in [1.82, 2.24) is 9.88 Å². The maximum atomic E-state index is 12.7. The summed E-state index contributed by atoms with van der Waals surface area (Å²) in [6.45, 7) is 3.41. The molecule has 2 saturated heterocycles. The van der Waals surface area contributed by atoms with Crippen LogP contribution in [0, 0.1) is 5.92 Å². The summed E-state index contributed by atoms with van der Waals surface area (Å²) in [6, 6.07) is 1.71. The van der Waals surface area contributed by atoms with Crippen molar-refractivity contribution in [3.8, 4) is 0 Å². The zero-order valence-electron chi connectivity index (χ0n) is 12.6. The Morgan fingerprint density at radius 3 is 2.64 bits per heavy atom. The maximum absolute atomic E-state index is 12.7. The van der Waals surface area contributed by atoms with Crippen molar-refractivity contribution in [2.45, 2.75) is 32.1 Å². The first-order valence-corrected chi connectivity index (χ1v) is 8.75. The highest BCUT2D eigenvalue weighted by Crippen LogP contribution is 2.30. The van der Waals surface area contributed by atoms with Gasteiger partial charge in [0, 0.05) is 32.4 Å². The minimum absolute atomic E-state index is 0.0559. The molecule has 120 valence electrons. The highest BCUT2D eigenvalue weighted by atomic mass is 35.5. The number of aromatic nitrogens is 1.